The third kappa shape index (κ3) is 33.2. The lowest BCUT2D eigenvalue weighted by molar-refractivity contribution is -0.141. The predicted octanol–water partition coefficient (Wildman–Crippen LogP) is -5.00. The Kier molecular flexibility index (Phi) is 37.4. The van der Waals surface area contributed by atoms with Crippen LogP contribution in [-0.4, -0.2) is 229 Å². The summed E-state index contributed by atoms with van der Waals surface area (Å²) in [7, 11) is -4.58. The molecule has 1 aromatic heterocycles. The molecule has 6 rings (SSSR count). The van der Waals surface area contributed by atoms with E-state index >= 15 is 0 Å². The smallest absolute Gasteiger partial charge is 0.305 e. The molecule has 626 valence electrons. The number of nitrogens with two attached hydrogens (primary N) is 2. The molecule has 9 atom stereocenters. The number of carboxylic acid groups (broad SMARTS) is 2. The largest absolute Gasteiger partial charge is 0.481 e. The molecule has 0 saturated carbocycles. The molecule has 0 aliphatic carbocycles. The summed E-state index contributed by atoms with van der Waals surface area (Å²) in [5.41, 5.74) is 15.0. The molecule has 0 radical (unpaired) electrons. The number of rotatable bonds is 37. The third-order valence-corrected chi connectivity index (χ3v) is 18.7. The number of carboxylic acids is 2. The number of amides is 13. The van der Waals surface area contributed by atoms with Gasteiger partial charge in [-0.25, -0.2) is 0 Å². The average Bonchev–Trinajstić information content (AvgIpc) is 1.06. The number of hydrazone groups is 1. The van der Waals surface area contributed by atoms with Crippen LogP contribution in [0.2, 0.25) is 0 Å². The van der Waals surface area contributed by atoms with Gasteiger partial charge in [0.05, 0.1) is 49.9 Å². The van der Waals surface area contributed by atoms with Crippen molar-refractivity contribution in [2.45, 2.75) is 169 Å². The van der Waals surface area contributed by atoms with Crippen LogP contribution >= 0.6 is 0 Å². The van der Waals surface area contributed by atoms with Crippen LogP contribution in [0.4, 0.5) is 0 Å². The maximum Gasteiger partial charge on any atom is 0.305 e. The van der Waals surface area contributed by atoms with Gasteiger partial charge in [-0.2, -0.15) is 13.5 Å². The van der Waals surface area contributed by atoms with Crippen LogP contribution in [0, 0.1) is 10.8 Å². The van der Waals surface area contributed by atoms with Gasteiger partial charge in [0, 0.05) is 57.2 Å². The topological polar surface area (TPSA) is 668 Å². The number of nitrogens with zero attached hydrogens (tertiary/aromatic N) is 2. The molecule has 2 fully saturated rings. The minimum Gasteiger partial charge on any atom is -0.481 e. The Morgan fingerprint density at radius 2 is 0.922 bits per heavy atom. The highest BCUT2D eigenvalue weighted by Gasteiger charge is 2.36. The standard InChI is InChI=1S/C73H98N22O20S/c74-72(75)80-31-13-22-47-66(107)90-49(68(109)92-52(33-42-15-3-1-4-16-42)70(111)94-54(35-60(99)100)64(105)83-40-58(97)87-47)20-9-11-29-78-57(96)28-27-51(89-62(103)45-25-26-46(82-37-45)39-86-85-38-44-19-7-8-24-56(44)116(113,114)115)63(104)79-30-12-10-21-50-69(110)93-53(34-43-17-5-2-6-18-43)71(112)95-55(36-61(101)102)65(106)84-41-59(98)88-48(67(108)91-50)23-14-32-81-73(76)77/h1-8,15-19,24-26,37-38,47-55,86H,9-14,20-23,27-36,39-41H2,(H,78,96)(H,79,104)(H,83,105)(H,84,106)(H,87,97)(H,88,98)(H,89,103)(H,90,107)(H,91,108)(H,92,109)(H,93,110)(H,94,111)(H,95,112)(H,99,100)(H,101,102)(H4,74,75,80)(H4,76,77,81)(H,113,114,115)/t47-,48-,49+,50+,51?,52+,53+,54+,55+/m0/s1. The molecule has 116 heavy (non-hydrogen) atoms. The minimum absolute atomic E-state index is 0.0392. The molecule has 3 heterocycles. The van der Waals surface area contributed by atoms with Gasteiger partial charge in [-0.15, -0.1) is 0 Å². The molecule has 25 N–H and O–H groups in total. The Morgan fingerprint density at radius 1 is 0.509 bits per heavy atom. The first kappa shape index (κ1) is 91.7. The fourth-order valence-electron chi connectivity index (χ4n) is 11.8. The van der Waals surface area contributed by atoms with E-state index in [0.29, 0.717) is 16.8 Å². The van der Waals surface area contributed by atoms with Crippen LogP contribution in [0.3, 0.4) is 0 Å². The van der Waals surface area contributed by atoms with Gasteiger partial charge < -0.3 is 107 Å². The summed E-state index contributed by atoms with van der Waals surface area (Å²) < 4.78 is 33.4. The van der Waals surface area contributed by atoms with Gasteiger partial charge in [-0.05, 0) is 100.0 Å². The van der Waals surface area contributed by atoms with Crippen molar-refractivity contribution in [2.24, 2.45) is 16.6 Å². The SMILES string of the molecule is N=C(N)NCCC[C@@H]1NC(=O)CNC(=O)[C@@H](CC(=O)O)NC(=O)[C@@H](Cc2ccccc2)NC(=O)[C@@H](CCCCNC(=O)CCC(NC(=O)c2ccc(CNN=Cc3ccccc3S(=O)(=O)O)nc2)C(=O)NCCCC[C@H]2NC(=O)[C@H](CCCNC(=N)N)NC(=O)CNC(=O)[C@@H](CC(=O)O)NC(=O)[C@@H](Cc3ccccc3)NC2=O)NC1=O. The monoisotopic (exact) mass is 1630 g/mol. The second-order valence-corrected chi connectivity index (χ2v) is 28.3. The number of aromatic nitrogens is 1. The maximum absolute atomic E-state index is 14.5. The summed E-state index contributed by atoms with van der Waals surface area (Å²) in [4.78, 5) is 208. The molecule has 2 aliphatic rings. The van der Waals surface area contributed by atoms with E-state index in [-0.39, 0.29) is 144 Å². The summed E-state index contributed by atoms with van der Waals surface area (Å²) in [5, 5.41) is 76.5. The molecule has 4 aromatic rings. The molecule has 0 bridgehead atoms. The van der Waals surface area contributed by atoms with E-state index in [1.165, 1.54) is 42.6 Å². The van der Waals surface area contributed by atoms with Crippen molar-refractivity contribution in [1.82, 2.24) is 90.2 Å². The summed E-state index contributed by atoms with van der Waals surface area (Å²) in [5.74, 6) is -15.4. The Hall–Kier alpha value is -13.2. The first-order valence-electron chi connectivity index (χ1n) is 37.1. The Balaban J connectivity index is 1.19. The van der Waals surface area contributed by atoms with Crippen molar-refractivity contribution in [1.29, 1.82) is 10.8 Å². The molecule has 13 amide bonds. The summed E-state index contributed by atoms with van der Waals surface area (Å²) in [6, 6.07) is 11.5. The fraction of sp³-hybridized carbons (Fsp3) is 0.438. The van der Waals surface area contributed by atoms with Crippen molar-refractivity contribution < 1.29 is 95.1 Å². The van der Waals surface area contributed by atoms with E-state index in [4.69, 9.17) is 22.3 Å². The number of guanidine groups is 2. The van der Waals surface area contributed by atoms with Crippen LogP contribution in [0.15, 0.2) is 113 Å². The number of hydrogen-bond donors (Lipinski definition) is 23. The van der Waals surface area contributed by atoms with Gasteiger partial charge in [0.15, 0.2) is 11.9 Å². The van der Waals surface area contributed by atoms with Crippen LogP contribution in [-0.2, 0) is 96.6 Å². The first-order chi connectivity index (χ1) is 55.3. The quantitative estimate of drug-likeness (QED) is 0.00661. The molecule has 2 saturated heterocycles. The lowest BCUT2D eigenvalue weighted by Crippen LogP contribution is -2.58. The molecule has 1 unspecified atom stereocenters. The van der Waals surface area contributed by atoms with Crippen LogP contribution < -0.4 is 96.6 Å². The van der Waals surface area contributed by atoms with Gasteiger partial charge in [0.25, 0.3) is 16.0 Å². The van der Waals surface area contributed by atoms with Crippen LogP contribution in [0.1, 0.15) is 123 Å². The zero-order chi connectivity index (χ0) is 84.7. The van der Waals surface area contributed by atoms with Crippen LogP contribution in [0.5, 0.6) is 0 Å². The minimum atomic E-state index is -4.58. The highest BCUT2D eigenvalue weighted by Crippen LogP contribution is 2.16. The number of benzene rings is 3. The number of nitrogens with one attached hydrogen (secondary N) is 18. The fourth-order valence-corrected chi connectivity index (χ4v) is 12.5. The number of carbonyl (C=O) groups excluding carboxylic acids is 13. The summed E-state index contributed by atoms with van der Waals surface area (Å²) >= 11 is 0. The van der Waals surface area contributed by atoms with E-state index in [1.54, 1.807) is 60.7 Å². The lowest BCUT2D eigenvalue weighted by atomic mass is 10.0. The second kappa shape index (κ2) is 47.3. The normalized spacial score (nSPS) is 19.8. The highest BCUT2D eigenvalue weighted by molar-refractivity contribution is 7.86. The number of carbonyl (C=O) groups is 15. The average molecular weight is 1640 g/mol. The Morgan fingerprint density at radius 3 is 1.37 bits per heavy atom. The van der Waals surface area contributed by atoms with Gasteiger partial charge in [-0.3, -0.25) is 92.3 Å². The van der Waals surface area contributed by atoms with Gasteiger partial charge in [-0.1, -0.05) is 78.9 Å². The van der Waals surface area contributed by atoms with E-state index in [0.717, 1.165) is 6.21 Å². The molecular weight excluding hydrogens is 1540 g/mol. The molecule has 2 aliphatic heterocycles. The second-order valence-electron chi connectivity index (χ2n) is 26.9. The van der Waals surface area contributed by atoms with Gasteiger partial charge >= 0.3 is 11.9 Å². The summed E-state index contributed by atoms with van der Waals surface area (Å²) in [6.07, 6.45) is -0.496. The number of hydrogen-bond acceptors (Lipinski definition) is 22. The highest BCUT2D eigenvalue weighted by atomic mass is 32.2. The van der Waals surface area contributed by atoms with Crippen LogP contribution in [0.25, 0.3) is 0 Å². The van der Waals surface area contributed by atoms with Gasteiger partial charge in [0.1, 0.15) is 59.3 Å². The van der Waals surface area contributed by atoms with E-state index in [9.17, 15) is 95.1 Å². The van der Waals surface area contributed by atoms with E-state index in [2.05, 4.69) is 95.3 Å². The lowest BCUT2D eigenvalue weighted by Gasteiger charge is -2.26. The Labute approximate surface area is 665 Å². The molecule has 43 heteroatoms. The molecule has 42 nitrogen and oxygen atoms in total. The third-order valence-electron chi connectivity index (χ3n) is 17.8. The number of pyridine rings is 1. The van der Waals surface area contributed by atoms with E-state index < -0.39 is 186 Å². The predicted molar refractivity (Wildman–Crippen MR) is 414 cm³/mol. The van der Waals surface area contributed by atoms with Crippen molar-refractivity contribution >= 4 is 117 Å². The van der Waals surface area contributed by atoms with Crippen molar-refractivity contribution in [3.8, 4) is 0 Å². The van der Waals surface area contributed by atoms with E-state index in [1.807, 2.05) is 0 Å². The molecular formula is C73H98N22O20S. The first-order valence-corrected chi connectivity index (χ1v) is 38.5. The maximum atomic E-state index is 14.5. The zero-order valence-electron chi connectivity index (χ0n) is 63.1. The van der Waals surface area contributed by atoms with Crippen molar-refractivity contribution in [2.75, 3.05) is 39.3 Å². The Bertz CT molecular complexity index is 4300. The number of unbranched alkanes of at least 4 members (excludes halogenated alkanes) is 2. The molecule has 0 spiro atoms. The van der Waals surface area contributed by atoms with Gasteiger partial charge in [0.2, 0.25) is 70.9 Å². The zero-order valence-corrected chi connectivity index (χ0v) is 63.9. The van der Waals surface area contributed by atoms with Crippen molar-refractivity contribution in [3.05, 3.63) is 131 Å². The summed E-state index contributed by atoms with van der Waals surface area (Å²) in [6.45, 7) is -1.63. The molecule has 3 aromatic carbocycles. The van der Waals surface area contributed by atoms with Crippen molar-refractivity contribution in [3.63, 3.8) is 0 Å². The number of aliphatic carboxylic acids is 2.